The molecule has 184 valence electrons. The molecule has 0 spiro atoms. The first kappa shape index (κ1) is 26.5. The molecule has 35 heavy (non-hydrogen) atoms. The number of carbonyl (C=O) groups is 2. The molecule has 2 amide bonds. The van der Waals surface area contributed by atoms with Crippen molar-refractivity contribution >= 4 is 23.6 Å². The molecule has 0 saturated heterocycles. The lowest BCUT2D eigenvalue weighted by atomic mass is 10.0. The van der Waals surface area contributed by atoms with Crippen molar-refractivity contribution in [2.24, 2.45) is 0 Å². The van der Waals surface area contributed by atoms with Gasteiger partial charge in [0.2, 0.25) is 11.8 Å². The summed E-state index contributed by atoms with van der Waals surface area (Å²) in [5.74, 6) is 0.874. The summed E-state index contributed by atoms with van der Waals surface area (Å²) in [6, 6.07) is 25.2. The van der Waals surface area contributed by atoms with Crippen LogP contribution >= 0.6 is 11.8 Å². The maximum atomic E-state index is 13.5. The van der Waals surface area contributed by atoms with Gasteiger partial charge in [0.05, 0.1) is 0 Å². The number of thioether (sulfide) groups is 1. The van der Waals surface area contributed by atoms with Crippen molar-refractivity contribution in [1.82, 2.24) is 10.2 Å². The number of benzene rings is 3. The molecular formula is C29H33FN2O2S. The van der Waals surface area contributed by atoms with Gasteiger partial charge in [0, 0.05) is 36.9 Å². The summed E-state index contributed by atoms with van der Waals surface area (Å²) in [5, 5.41) is 2.98. The Morgan fingerprint density at radius 2 is 1.46 bits per heavy atom. The molecule has 6 heteroatoms. The maximum absolute atomic E-state index is 13.5. The average molecular weight is 493 g/mol. The normalized spacial score (nSPS) is 11.8. The third kappa shape index (κ3) is 8.87. The van der Waals surface area contributed by atoms with E-state index in [0.29, 0.717) is 18.6 Å². The molecule has 3 aromatic rings. The summed E-state index contributed by atoms with van der Waals surface area (Å²) >= 11 is 1.70. The van der Waals surface area contributed by atoms with E-state index in [2.05, 4.69) is 17.4 Å². The van der Waals surface area contributed by atoms with E-state index in [9.17, 15) is 14.0 Å². The van der Waals surface area contributed by atoms with Crippen LogP contribution in [0.5, 0.6) is 0 Å². The van der Waals surface area contributed by atoms with E-state index in [1.165, 1.54) is 17.7 Å². The first-order chi connectivity index (χ1) is 16.9. The highest BCUT2D eigenvalue weighted by Crippen LogP contribution is 2.19. The van der Waals surface area contributed by atoms with Gasteiger partial charge in [-0.2, -0.15) is 11.8 Å². The van der Waals surface area contributed by atoms with Crippen LogP contribution in [0.2, 0.25) is 0 Å². The van der Waals surface area contributed by atoms with Crippen molar-refractivity contribution in [2.75, 3.05) is 5.75 Å². The summed E-state index contributed by atoms with van der Waals surface area (Å²) < 4.78 is 13.5. The highest BCUT2D eigenvalue weighted by molar-refractivity contribution is 7.98. The highest BCUT2D eigenvalue weighted by atomic mass is 32.2. The zero-order valence-electron chi connectivity index (χ0n) is 20.3. The Morgan fingerprint density at radius 1 is 0.857 bits per heavy atom. The monoisotopic (exact) mass is 492 g/mol. The molecule has 0 aromatic heterocycles. The summed E-state index contributed by atoms with van der Waals surface area (Å²) in [6.45, 7) is 4.05. The number of carbonyl (C=O) groups excluding carboxylic acids is 2. The second kappa shape index (κ2) is 13.7. The molecule has 0 fully saturated rings. The van der Waals surface area contributed by atoms with Crippen LogP contribution in [-0.4, -0.2) is 34.6 Å². The van der Waals surface area contributed by atoms with Crippen LogP contribution in [0.1, 0.15) is 37.0 Å². The van der Waals surface area contributed by atoms with Crippen LogP contribution in [0.3, 0.4) is 0 Å². The number of rotatable bonds is 12. The second-order valence-electron chi connectivity index (χ2n) is 8.81. The molecule has 0 radical (unpaired) electrons. The van der Waals surface area contributed by atoms with Crippen molar-refractivity contribution in [2.45, 2.75) is 51.1 Å². The van der Waals surface area contributed by atoms with Crippen LogP contribution < -0.4 is 5.32 Å². The van der Waals surface area contributed by atoms with Gasteiger partial charge in [-0.05, 0) is 42.7 Å². The predicted molar refractivity (Wildman–Crippen MR) is 141 cm³/mol. The molecular weight excluding hydrogens is 459 g/mol. The van der Waals surface area contributed by atoms with E-state index in [0.717, 1.165) is 16.9 Å². The Hall–Kier alpha value is -3.12. The number of hydrogen-bond acceptors (Lipinski definition) is 3. The molecule has 3 rings (SSSR count). The molecule has 0 unspecified atom stereocenters. The summed E-state index contributed by atoms with van der Waals surface area (Å²) in [7, 11) is 0. The lowest BCUT2D eigenvalue weighted by molar-refractivity contribution is -0.141. The predicted octanol–water partition coefficient (Wildman–Crippen LogP) is 5.61. The Labute approximate surface area is 211 Å². The van der Waals surface area contributed by atoms with Crippen LogP contribution in [0, 0.1) is 5.82 Å². The zero-order valence-corrected chi connectivity index (χ0v) is 21.1. The Morgan fingerprint density at radius 3 is 2.06 bits per heavy atom. The molecule has 4 nitrogen and oxygen atoms in total. The smallest absolute Gasteiger partial charge is 0.243 e. The summed E-state index contributed by atoms with van der Waals surface area (Å²) in [5.41, 5.74) is 2.98. The topological polar surface area (TPSA) is 49.4 Å². The van der Waals surface area contributed by atoms with Crippen LogP contribution in [0.4, 0.5) is 4.39 Å². The fraction of sp³-hybridized carbons (Fsp3) is 0.310. The number of halogens is 1. The second-order valence-corrected chi connectivity index (χ2v) is 9.91. The number of nitrogens with one attached hydrogen (secondary N) is 1. The molecule has 0 bridgehead atoms. The fourth-order valence-electron chi connectivity index (χ4n) is 3.79. The Balaban J connectivity index is 1.78. The SMILES string of the molecule is CC(C)NC(=O)[C@H](Cc1ccccc1)N(Cc1ccc(F)cc1)C(=O)CCSCc1ccccc1. The molecule has 3 aromatic carbocycles. The zero-order chi connectivity index (χ0) is 25.0. The van der Waals surface area contributed by atoms with Crippen LogP contribution in [0.15, 0.2) is 84.9 Å². The summed E-state index contributed by atoms with van der Waals surface area (Å²) in [4.78, 5) is 28.5. The van der Waals surface area contributed by atoms with Gasteiger partial charge in [-0.15, -0.1) is 0 Å². The third-order valence-corrected chi connectivity index (χ3v) is 6.57. The number of amides is 2. The van der Waals surface area contributed by atoms with Crippen LogP contribution in [-0.2, 0) is 28.3 Å². The molecule has 1 N–H and O–H groups in total. The van der Waals surface area contributed by atoms with E-state index < -0.39 is 6.04 Å². The lowest BCUT2D eigenvalue weighted by Crippen LogP contribution is -2.51. The first-order valence-corrected chi connectivity index (χ1v) is 13.1. The van der Waals surface area contributed by atoms with Crippen LogP contribution in [0.25, 0.3) is 0 Å². The van der Waals surface area contributed by atoms with E-state index in [-0.39, 0.29) is 30.2 Å². The van der Waals surface area contributed by atoms with Gasteiger partial charge < -0.3 is 10.2 Å². The minimum Gasteiger partial charge on any atom is -0.352 e. The molecule has 0 aliphatic carbocycles. The minimum absolute atomic E-state index is 0.0509. The molecule has 1 atom stereocenters. The number of nitrogens with zero attached hydrogens (tertiary/aromatic N) is 1. The molecule has 0 heterocycles. The third-order valence-electron chi connectivity index (χ3n) is 5.54. The quantitative estimate of drug-likeness (QED) is 0.334. The summed E-state index contributed by atoms with van der Waals surface area (Å²) in [6.07, 6.45) is 0.725. The average Bonchev–Trinajstić information content (AvgIpc) is 2.86. The van der Waals surface area contributed by atoms with Crippen molar-refractivity contribution < 1.29 is 14.0 Å². The van der Waals surface area contributed by atoms with E-state index in [4.69, 9.17) is 0 Å². The van der Waals surface area contributed by atoms with Crippen molar-refractivity contribution in [3.63, 3.8) is 0 Å². The molecule has 0 aliphatic heterocycles. The van der Waals surface area contributed by atoms with Crippen molar-refractivity contribution in [3.8, 4) is 0 Å². The van der Waals surface area contributed by atoms with E-state index >= 15 is 0 Å². The first-order valence-electron chi connectivity index (χ1n) is 11.9. The van der Waals surface area contributed by atoms with Crippen molar-refractivity contribution in [3.05, 3.63) is 107 Å². The lowest BCUT2D eigenvalue weighted by Gasteiger charge is -2.32. The molecule has 0 saturated carbocycles. The van der Waals surface area contributed by atoms with Gasteiger partial charge in [-0.3, -0.25) is 9.59 Å². The highest BCUT2D eigenvalue weighted by Gasteiger charge is 2.30. The largest absolute Gasteiger partial charge is 0.352 e. The van der Waals surface area contributed by atoms with E-state index in [1.54, 1.807) is 28.8 Å². The van der Waals surface area contributed by atoms with Gasteiger partial charge in [0.25, 0.3) is 0 Å². The van der Waals surface area contributed by atoms with Gasteiger partial charge in [-0.25, -0.2) is 4.39 Å². The number of hydrogen-bond donors (Lipinski definition) is 1. The Bertz CT molecular complexity index is 1060. The van der Waals surface area contributed by atoms with Crippen molar-refractivity contribution in [1.29, 1.82) is 0 Å². The minimum atomic E-state index is -0.670. The Kier molecular flexibility index (Phi) is 10.4. The maximum Gasteiger partial charge on any atom is 0.243 e. The van der Waals surface area contributed by atoms with Gasteiger partial charge >= 0.3 is 0 Å². The van der Waals surface area contributed by atoms with Gasteiger partial charge in [-0.1, -0.05) is 72.8 Å². The standard InChI is InChI=1S/C29H33FN2O2S/c1-22(2)31-29(34)27(19-23-9-5-3-6-10-23)32(20-24-13-15-26(30)16-14-24)28(33)17-18-35-21-25-11-7-4-8-12-25/h3-16,22,27H,17-21H2,1-2H3,(H,31,34)/t27-/m0/s1. The van der Waals surface area contributed by atoms with Gasteiger partial charge in [0.1, 0.15) is 11.9 Å². The fourth-order valence-corrected chi connectivity index (χ4v) is 4.68. The molecule has 0 aliphatic rings. The van der Waals surface area contributed by atoms with E-state index in [1.807, 2.05) is 62.4 Å². The van der Waals surface area contributed by atoms with Gasteiger partial charge in [0.15, 0.2) is 0 Å².